The van der Waals surface area contributed by atoms with Gasteiger partial charge in [-0.3, -0.25) is 9.59 Å². The van der Waals surface area contributed by atoms with Gasteiger partial charge < -0.3 is 14.9 Å². The second-order valence-corrected chi connectivity index (χ2v) is 7.44. The van der Waals surface area contributed by atoms with Crippen molar-refractivity contribution in [1.82, 2.24) is 0 Å². The van der Waals surface area contributed by atoms with Crippen LogP contribution in [-0.4, -0.2) is 40.3 Å². The Morgan fingerprint density at radius 3 is 2.54 bits per heavy atom. The highest BCUT2D eigenvalue weighted by atomic mass is 16.5. The van der Waals surface area contributed by atoms with Crippen molar-refractivity contribution in [2.24, 2.45) is 17.8 Å². The van der Waals surface area contributed by atoms with Gasteiger partial charge in [-0.05, 0) is 43.6 Å². The quantitative estimate of drug-likeness (QED) is 0.574. The molecule has 0 spiro atoms. The van der Waals surface area contributed by atoms with Crippen LogP contribution in [0.4, 0.5) is 0 Å². The Bertz CT molecular complexity index is 468. The zero-order chi connectivity index (χ0) is 18.4. The Morgan fingerprint density at radius 1 is 1.33 bits per heavy atom. The second-order valence-electron chi connectivity index (χ2n) is 7.44. The van der Waals surface area contributed by atoms with Crippen molar-refractivity contribution in [3.63, 3.8) is 0 Å². The van der Waals surface area contributed by atoms with Gasteiger partial charge in [-0.1, -0.05) is 33.8 Å². The number of aliphatic hydroxyl groups excluding tert-OH is 2. The van der Waals surface area contributed by atoms with Crippen molar-refractivity contribution in [1.29, 1.82) is 0 Å². The van der Waals surface area contributed by atoms with Gasteiger partial charge >= 0.3 is 5.97 Å². The summed E-state index contributed by atoms with van der Waals surface area (Å²) in [6.45, 7) is 9.29. The SMILES string of the molecule is C/C(=C\C[C@H](O)C(C)C)C(=O)[C@@H](C)[C@@H]1CCC(C)[C@H](O)CC(=O)O1. The van der Waals surface area contributed by atoms with Gasteiger partial charge in [0.25, 0.3) is 0 Å². The highest BCUT2D eigenvalue weighted by Gasteiger charge is 2.32. The van der Waals surface area contributed by atoms with Crippen LogP contribution in [0.5, 0.6) is 0 Å². The summed E-state index contributed by atoms with van der Waals surface area (Å²) >= 11 is 0. The highest BCUT2D eigenvalue weighted by molar-refractivity contribution is 5.96. The van der Waals surface area contributed by atoms with Crippen molar-refractivity contribution in [3.8, 4) is 0 Å². The van der Waals surface area contributed by atoms with Crippen LogP contribution < -0.4 is 0 Å². The van der Waals surface area contributed by atoms with Crippen molar-refractivity contribution < 1.29 is 24.5 Å². The van der Waals surface area contributed by atoms with E-state index in [4.69, 9.17) is 4.74 Å². The first-order valence-corrected chi connectivity index (χ1v) is 8.90. The predicted octanol–water partition coefficient (Wildman–Crippen LogP) is 2.64. The molecule has 0 bridgehead atoms. The summed E-state index contributed by atoms with van der Waals surface area (Å²) in [7, 11) is 0. The summed E-state index contributed by atoms with van der Waals surface area (Å²) in [6, 6.07) is 0. The van der Waals surface area contributed by atoms with Gasteiger partial charge in [-0.25, -0.2) is 0 Å². The number of carbonyl (C=O) groups excluding carboxylic acids is 2. The third-order valence-electron chi connectivity index (χ3n) is 5.02. The first-order chi connectivity index (χ1) is 11.1. The number of ether oxygens (including phenoxy) is 1. The van der Waals surface area contributed by atoms with Crippen molar-refractivity contribution in [2.75, 3.05) is 0 Å². The molecule has 0 radical (unpaired) electrons. The van der Waals surface area contributed by atoms with E-state index >= 15 is 0 Å². The first kappa shape index (κ1) is 20.8. The fourth-order valence-electron chi connectivity index (χ4n) is 2.82. The Labute approximate surface area is 145 Å². The van der Waals surface area contributed by atoms with Crippen molar-refractivity contribution >= 4 is 11.8 Å². The molecule has 1 saturated heterocycles. The minimum absolute atomic E-state index is 0.0143. The van der Waals surface area contributed by atoms with E-state index in [1.807, 2.05) is 20.8 Å². The van der Waals surface area contributed by atoms with Crippen LogP contribution >= 0.6 is 0 Å². The third-order valence-corrected chi connectivity index (χ3v) is 5.02. The van der Waals surface area contributed by atoms with Crippen LogP contribution in [0.25, 0.3) is 0 Å². The lowest BCUT2D eigenvalue weighted by Crippen LogP contribution is -2.36. The molecule has 1 rings (SSSR count). The number of cyclic esters (lactones) is 1. The second kappa shape index (κ2) is 9.33. The molecule has 5 nitrogen and oxygen atoms in total. The Kier molecular flexibility index (Phi) is 8.10. The van der Waals surface area contributed by atoms with Crippen LogP contribution in [0.1, 0.15) is 60.3 Å². The molecule has 24 heavy (non-hydrogen) atoms. The van der Waals surface area contributed by atoms with E-state index < -0.39 is 30.2 Å². The van der Waals surface area contributed by atoms with E-state index in [9.17, 15) is 19.8 Å². The monoisotopic (exact) mass is 340 g/mol. The Balaban J connectivity index is 2.72. The van der Waals surface area contributed by atoms with Gasteiger partial charge in [0.1, 0.15) is 6.10 Å². The zero-order valence-electron chi connectivity index (χ0n) is 15.5. The molecular weight excluding hydrogens is 308 g/mol. The summed E-state index contributed by atoms with van der Waals surface area (Å²) in [6.07, 6.45) is 1.86. The maximum Gasteiger partial charge on any atom is 0.308 e. The molecule has 0 aromatic carbocycles. The fourth-order valence-corrected chi connectivity index (χ4v) is 2.82. The molecular formula is C19H32O5. The van der Waals surface area contributed by atoms with Gasteiger partial charge in [0.15, 0.2) is 5.78 Å². The number of Topliss-reactive ketones (excluding diaryl/α,β-unsaturated/α-hetero) is 1. The lowest BCUT2D eigenvalue weighted by Gasteiger charge is -2.29. The zero-order valence-corrected chi connectivity index (χ0v) is 15.5. The number of ketones is 1. The maximum atomic E-state index is 12.6. The van der Waals surface area contributed by atoms with Gasteiger partial charge in [-0.2, -0.15) is 0 Å². The minimum atomic E-state index is -0.677. The van der Waals surface area contributed by atoms with Crippen molar-refractivity contribution in [3.05, 3.63) is 11.6 Å². The molecule has 0 aromatic rings. The van der Waals surface area contributed by atoms with E-state index in [0.717, 1.165) is 0 Å². The topological polar surface area (TPSA) is 83.8 Å². The molecule has 1 aliphatic heterocycles. The van der Waals surface area contributed by atoms with E-state index in [1.165, 1.54) is 0 Å². The summed E-state index contributed by atoms with van der Waals surface area (Å²) in [5.41, 5.74) is 0.591. The lowest BCUT2D eigenvalue weighted by molar-refractivity contribution is -0.158. The normalized spacial score (nSPS) is 28.8. The molecule has 1 heterocycles. The molecule has 2 N–H and O–H groups in total. The van der Waals surface area contributed by atoms with E-state index in [-0.39, 0.29) is 24.0 Å². The van der Waals surface area contributed by atoms with Gasteiger partial charge in [0.05, 0.1) is 24.5 Å². The molecule has 1 aliphatic rings. The smallest absolute Gasteiger partial charge is 0.308 e. The predicted molar refractivity (Wildman–Crippen MR) is 92.3 cm³/mol. The molecule has 1 fully saturated rings. The van der Waals surface area contributed by atoms with Crippen LogP contribution in [0, 0.1) is 17.8 Å². The number of allylic oxidation sites excluding steroid dienone is 1. The number of hydrogen-bond donors (Lipinski definition) is 2. The van der Waals surface area contributed by atoms with Gasteiger partial charge in [0, 0.05) is 0 Å². The number of carbonyl (C=O) groups is 2. The average Bonchev–Trinajstić information content (AvgIpc) is 2.52. The standard InChI is InChI=1S/C19H32O5/c1-11(2)15(20)8-6-13(4)19(23)14(5)17-9-7-12(3)16(21)10-18(22)24-17/h6,11-12,14-17,20-21H,7-10H2,1-5H3/b13-6+/t12?,14-,15-,16+,17-/m0/s1. The molecule has 0 saturated carbocycles. The Hall–Kier alpha value is -1.20. The first-order valence-electron chi connectivity index (χ1n) is 8.90. The summed E-state index contributed by atoms with van der Waals surface area (Å²) in [5, 5.41) is 19.7. The molecule has 0 aliphatic carbocycles. The van der Waals surface area contributed by atoms with Gasteiger partial charge in [-0.15, -0.1) is 0 Å². The lowest BCUT2D eigenvalue weighted by atomic mass is 9.86. The van der Waals surface area contributed by atoms with Crippen LogP contribution in [0.15, 0.2) is 11.6 Å². The summed E-state index contributed by atoms with van der Waals surface area (Å²) < 4.78 is 5.41. The van der Waals surface area contributed by atoms with Crippen molar-refractivity contribution in [2.45, 2.75) is 78.6 Å². The molecule has 138 valence electrons. The van der Waals surface area contributed by atoms with Crippen LogP contribution in [0.3, 0.4) is 0 Å². The largest absolute Gasteiger partial charge is 0.462 e. The molecule has 5 heteroatoms. The Morgan fingerprint density at radius 2 is 1.96 bits per heavy atom. The van der Waals surface area contributed by atoms with Crippen LogP contribution in [0.2, 0.25) is 0 Å². The number of esters is 1. The number of hydrogen-bond acceptors (Lipinski definition) is 5. The number of rotatable bonds is 6. The molecule has 1 unspecified atom stereocenters. The average molecular weight is 340 g/mol. The van der Waals surface area contributed by atoms with Gasteiger partial charge in [0.2, 0.25) is 0 Å². The van der Waals surface area contributed by atoms with E-state index in [2.05, 4.69) is 0 Å². The minimum Gasteiger partial charge on any atom is -0.462 e. The van der Waals surface area contributed by atoms with E-state index in [1.54, 1.807) is 19.9 Å². The fraction of sp³-hybridized carbons (Fsp3) is 0.789. The molecule has 0 amide bonds. The van der Waals surface area contributed by atoms with Crippen LogP contribution in [-0.2, 0) is 14.3 Å². The maximum absolute atomic E-state index is 12.6. The van der Waals surface area contributed by atoms with E-state index in [0.29, 0.717) is 24.8 Å². The number of aliphatic hydroxyl groups is 2. The molecule has 0 aromatic heterocycles. The highest BCUT2D eigenvalue weighted by Crippen LogP contribution is 2.26. The summed E-state index contributed by atoms with van der Waals surface area (Å²) in [5.74, 6) is -0.779. The third kappa shape index (κ3) is 6.02. The molecule has 5 atom stereocenters. The summed E-state index contributed by atoms with van der Waals surface area (Å²) in [4.78, 5) is 24.4.